The molecule has 2 fully saturated rings. The Morgan fingerprint density at radius 3 is 2.12 bits per heavy atom. The smallest absolute Gasteiger partial charge is 0.242 e. The quantitative estimate of drug-likeness (QED) is 0.186. The zero-order chi connectivity index (χ0) is 29.4. The third kappa shape index (κ3) is 8.45. The molecule has 1 saturated heterocycles. The summed E-state index contributed by atoms with van der Waals surface area (Å²) >= 11 is 6.15. The first-order chi connectivity index (χ1) is 19.7. The van der Waals surface area contributed by atoms with Gasteiger partial charge in [0.2, 0.25) is 11.8 Å². The number of piperidine rings is 1. The lowest BCUT2D eigenvalue weighted by Crippen LogP contribution is -2.53. The van der Waals surface area contributed by atoms with Crippen LogP contribution in [0.5, 0.6) is 0 Å². The van der Waals surface area contributed by atoms with Crippen LogP contribution in [0.3, 0.4) is 0 Å². The minimum atomic E-state index is -0.602. The summed E-state index contributed by atoms with van der Waals surface area (Å²) < 4.78 is 0. The van der Waals surface area contributed by atoms with Gasteiger partial charge in [0.05, 0.1) is 5.92 Å². The number of rotatable bonds is 10. The fourth-order valence-corrected chi connectivity index (χ4v) is 6.09. The van der Waals surface area contributed by atoms with Crippen LogP contribution in [-0.2, 0) is 16.0 Å². The fourth-order valence-electron chi connectivity index (χ4n) is 5.96. The van der Waals surface area contributed by atoms with Crippen molar-refractivity contribution < 1.29 is 9.59 Å². The van der Waals surface area contributed by atoms with Crippen LogP contribution in [0.4, 0.5) is 0 Å². The number of carbonyl (C=O) groups excluding carboxylic acids is 2. The van der Waals surface area contributed by atoms with E-state index in [4.69, 9.17) is 33.9 Å². The number of guanidine groups is 1. The van der Waals surface area contributed by atoms with Crippen LogP contribution >= 0.6 is 11.6 Å². The van der Waals surface area contributed by atoms with Gasteiger partial charge in [-0.2, -0.15) is 0 Å². The highest BCUT2D eigenvalue weighted by Crippen LogP contribution is 2.29. The molecule has 0 aromatic heterocycles. The second-order valence-corrected chi connectivity index (χ2v) is 11.8. The molecule has 1 aliphatic heterocycles. The van der Waals surface area contributed by atoms with Gasteiger partial charge < -0.3 is 27.0 Å². The lowest BCUT2D eigenvalue weighted by molar-refractivity contribution is -0.131. The summed E-state index contributed by atoms with van der Waals surface area (Å²) in [6.45, 7) is 1.98. The maximum Gasteiger partial charge on any atom is 0.242 e. The van der Waals surface area contributed by atoms with Gasteiger partial charge in [0.25, 0.3) is 0 Å². The predicted molar refractivity (Wildman–Crippen MR) is 163 cm³/mol. The molecule has 2 unspecified atom stereocenters. The van der Waals surface area contributed by atoms with Gasteiger partial charge in [-0.1, -0.05) is 67.3 Å². The Balaban J connectivity index is 1.49. The molecule has 41 heavy (non-hydrogen) atoms. The zero-order valence-corrected chi connectivity index (χ0v) is 24.3. The van der Waals surface area contributed by atoms with E-state index >= 15 is 0 Å². The topological polar surface area (TPSA) is 161 Å². The molecule has 1 aliphatic carbocycles. The largest absolute Gasteiger partial charge is 0.384 e. The van der Waals surface area contributed by atoms with Crippen molar-refractivity contribution in [1.29, 1.82) is 10.8 Å². The SMILES string of the molecule is N=C(N)c1ccc(CC(C(=O)NC(C(=O)NCC2CCN(C(=N)N)CC2)C2CCCCC2)c2ccc(Cl)cc2)cc1. The molecule has 1 heterocycles. The summed E-state index contributed by atoms with van der Waals surface area (Å²) in [5.74, 6) is -0.342. The average molecular weight is 580 g/mol. The van der Waals surface area contributed by atoms with Crippen molar-refractivity contribution in [3.63, 3.8) is 0 Å². The summed E-state index contributed by atoms with van der Waals surface area (Å²) in [6.07, 6.45) is 7.23. The molecule has 0 bridgehead atoms. The molecule has 2 aliphatic rings. The number of hydrogen-bond donors (Lipinski definition) is 6. The van der Waals surface area contributed by atoms with E-state index in [0.717, 1.165) is 69.2 Å². The molecule has 0 radical (unpaired) electrons. The van der Waals surface area contributed by atoms with E-state index in [2.05, 4.69) is 10.6 Å². The standard InChI is InChI=1S/C31H42ClN7O2/c32-25-12-10-22(11-13-25)26(18-20-6-8-24(9-7-20)28(33)34)29(40)38-27(23-4-2-1-3-5-23)30(41)37-19-21-14-16-39(17-15-21)31(35)36/h6-13,21,23,26-27H,1-5,14-19H2,(H3,33,34)(H3,35,36)(H,37,41)(H,38,40). The van der Waals surface area contributed by atoms with Crippen molar-refractivity contribution in [2.75, 3.05) is 19.6 Å². The minimum absolute atomic E-state index is 0.00529. The third-order valence-corrected chi connectivity index (χ3v) is 8.77. The molecule has 2 atom stereocenters. The number of nitrogens with zero attached hydrogens (tertiary/aromatic N) is 1. The van der Waals surface area contributed by atoms with E-state index < -0.39 is 12.0 Å². The van der Waals surface area contributed by atoms with Crippen molar-refractivity contribution in [3.8, 4) is 0 Å². The normalized spacial score (nSPS) is 17.8. The maximum absolute atomic E-state index is 14.0. The van der Waals surface area contributed by atoms with Crippen molar-refractivity contribution in [2.24, 2.45) is 23.3 Å². The summed E-state index contributed by atoms with van der Waals surface area (Å²) in [6, 6.07) is 14.0. The maximum atomic E-state index is 14.0. The average Bonchev–Trinajstić information content (AvgIpc) is 2.98. The van der Waals surface area contributed by atoms with Crippen molar-refractivity contribution in [3.05, 3.63) is 70.2 Å². The van der Waals surface area contributed by atoms with Gasteiger partial charge in [-0.3, -0.25) is 20.4 Å². The number of likely N-dealkylation sites (tertiary alicyclic amines) is 1. The first-order valence-corrected chi connectivity index (χ1v) is 14.9. The molecular weight excluding hydrogens is 538 g/mol. The molecule has 10 heteroatoms. The molecule has 0 spiro atoms. The molecular formula is C31H42ClN7O2. The van der Waals surface area contributed by atoms with Gasteiger partial charge in [0.15, 0.2) is 5.96 Å². The van der Waals surface area contributed by atoms with Gasteiger partial charge in [-0.25, -0.2) is 0 Å². The van der Waals surface area contributed by atoms with E-state index in [9.17, 15) is 9.59 Å². The Hall–Kier alpha value is -3.59. The monoisotopic (exact) mass is 579 g/mol. The van der Waals surface area contributed by atoms with E-state index in [1.54, 1.807) is 24.3 Å². The Labute approximate surface area is 247 Å². The number of nitrogens with one attached hydrogen (secondary N) is 4. The third-order valence-electron chi connectivity index (χ3n) is 8.52. The number of carbonyl (C=O) groups is 2. The Kier molecular flexibility index (Phi) is 10.6. The van der Waals surface area contributed by atoms with E-state index in [-0.39, 0.29) is 29.5 Å². The number of halogens is 1. The molecule has 2 aromatic rings. The number of hydrogen-bond acceptors (Lipinski definition) is 4. The molecule has 220 valence electrons. The number of amidine groups is 1. The molecule has 2 amide bonds. The van der Waals surface area contributed by atoms with E-state index in [0.29, 0.717) is 29.5 Å². The van der Waals surface area contributed by atoms with Crippen LogP contribution in [0.1, 0.15) is 67.6 Å². The Bertz CT molecular complexity index is 1200. The van der Waals surface area contributed by atoms with Crippen molar-refractivity contribution in [1.82, 2.24) is 15.5 Å². The number of nitrogens with two attached hydrogens (primary N) is 2. The van der Waals surface area contributed by atoms with Gasteiger partial charge in [0, 0.05) is 30.2 Å². The van der Waals surface area contributed by atoms with Gasteiger partial charge in [-0.15, -0.1) is 0 Å². The molecule has 9 nitrogen and oxygen atoms in total. The van der Waals surface area contributed by atoms with Gasteiger partial charge >= 0.3 is 0 Å². The number of amides is 2. The second-order valence-electron chi connectivity index (χ2n) is 11.4. The van der Waals surface area contributed by atoms with Crippen LogP contribution in [-0.4, -0.2) is 54.2 Å². The van der Waals surface area contributed by atoms with Crippen molar-refractivity contribution >= 4 is 35.2 Å². The van der Waals surface area contributed by atoms with Gasteiger partial charge in [0.1, 0.15) is 11.9 Å². The van der Waals surface area contributed by atoms with E-state index in [1.807, 2.05) is 29.2 Å². The van der Waals surface area contributed by atoms with Crippen LogP contribution in [0, 0.1) is 22.7 Å². The lowest BCUT2D eigenvalue weighted by Gasteiger charge is -2.34. The molecule has 2 aromatic carbocycles. The van der Waals surface area contributed by atoms with Crippen LogP contribution in [0.2, 0.25) is 5.02 Å². The summed E-state index contributed by atoms with van der Waals surface area (Å²) in [4.78, 5) is 29.4. The molecule has 8 N–H and O–H groups in total. The summed E-state index contributed by atoms with van der Waals surface area (Å²) in [5.41, 5.74) is 13.6. The second kappa shape index (κ2) is 14.3. The van der Waals surface area contributed by atoms with Crippen LogP contribution < -0.4 is 22.1 Å². The van der Waals surface area contributed by atoms with Crippen LogP contribution in [0.15, 0.2) is 48.5 Å². The van der Waals surface area contributed by atoms with Crippen molar-refractivity contribution in [2.45, 2.75) is 63.3 Å². The highest BCUT2D eigenvalue weighted by Gasteiger charge is 2.34. The number of benzene rings is 2. The van der Waals surface area contributed by atoms with E-state index in [1.165, 1.54) is 0 Å². The van der Waals surface area contributed by atoms with Crippen LogP contribution in [0.25, 0.3) is 0 Å². The lowest BCUT2D eigenvalue weighted by atomic mass is 9.82. The summed E-state index contributed by atoms with van der Waals surface area (Å²) in [7, 11) is 0. The predicted octanol–water partition coefficient (Wildman–Crippen LogP) is 3.74. The molecule has 1 saturated carbocycles. The van der Waals surface area contributed by atoms with Gasteiger partial charge in [-0.05, 0) is 67.2 Å². The minimum Gasteiger partial charge on any atom is -0.384 e. The zero-order valence-electron chi connectivity index (χ0n) is 23.5. The Morgan fingerprint density at radius 1 is 0.902 bits per heavy atom. The Morgan fingerprint density at radius 2 is 1.54 bits per heavy atom. The number of nitrogen functional groups attached to an aromatic ring is 1. The first kappa shape index (κ1) is 30.4. The fraction of sp³-hybridized carbons (Fsp3) is 0.484. The first-order valence-electron chi connectivity index (χ1n) is 14.6. The highest BCUT2D eigenvalue weighted by molar-refractivity contribution is 6.30. The molecule has 4 rings (SSSR count). The highest BCUT2D eigenvalue weighted by atomic mass is 35.5. The summed E-state index contributed by atoms with van der Waals surface area (Å²) in [5, 5.41) is 22.2.